The maximum atomic E-state index is 8.68. The first kappa shape index (κ1) is 14.7. The second kappa shape index (κ2) is 7.17. The molecule has 0 amide bonds. The van der Waals surface area contributed by atoms with Crippen LogP contribution < -0.4 is 4.90 Å². The van der Waals surface area contributed by atoms with Crippen LogP contribution in [-0.4, -0.2) is 23.1 Å². The topological polar surface area (TPSA) is 52.8 Å². The molecule has 0 aromatic carbocycles. The van der Waals surface area contributed by atoms with E-state index < -0.39 is 0 Å². The summed E-state index contributed by atoms with van der Waals surface area (Å²) in [5.74, 6) is 1.63. The standard InChI is InChI=1S/C13H19ClN4/c1-4-7-11-16-12(14)10(3)13(17-11)18(5-2)9-6-8-15/h4-7,9H2,1-3H3. The van der Waals surface area contributed by atoms with E-state index in [9.17, 15) is 0 Å². The Kier molecular flexibility index (Phi) is 5.87. The molecule has 0 aliphatic carbocycles. The zero-order chi connectivity index (χ0) is 13.5. The van der Waals surface area contributed by atoms with E-state index in [1.807, 2.05) is 13.8 Å². The molecule has 0 aliphatic heterocycles. The van der Waals surface area contributed by atoms with Gasteiger partial charge in [-0.25, -0.2) is 9.97 Å². The van der Waals surface area contributed by atoms with Crippen molar-refractivity contribution in [3.63, 3.8) is 0 Å². The molecule has 1 aromatic rings. The molecule has 1 aromatic heterocycles. The summed E-state index contributed by atoms with van der Waals surface area (Å²) in [5.41, 5.74) is 0.885. The number of anilines is 1. The highest BCUT2D eigenvalue weighted by atomic mass is 35.5. The van der Waals surface area contributed by atoms with Crippen LogP contribution in [0.2, 0.25) is 5.15 Å². The van der Waals surface area contributed by atoms with Gasteiger partial charge in [0.25, 0.3) is 0 Å². The van der Waals surface area contributed by atoms with Crippen molar-refractivity contribution in [3.8, 4) is 6.07 Å². The van der Waals surface area contributed by atoms with Crippen molar-refractivity contribution in [3.05, 3.63) is 16.5 Å². The lowest BCUT2D eigenvalue weighted by Gasteiger charge is -2.23. The lowest BCUT2D eigenvalue weighted by molar-refractivity contribution is 0.774. The van der Waals surface area contributed by atoms with Crippen LogP contribution >= 0.6 is 11.6 Å². The van der Waals surface area contributed by atoms with Crippen molar-refractivity contribution in [1.82, 2.24) is 9.97 Å². The number of nitrogens with zero attached hydrogens (tertiary/aromatic N) is 4. The molecule has 0 unspecified atom stereocenters. The Morgan fingerprint density at radius 2 is 2.06 bits per heavy atom. The Hall–Kier alpha value is -1.34. The normalized spacial score (nSPS) is 10.2. The van der Waals surface area contributed by atoms with E-state index in [4.69, 9.17) is 16.9 Å². The van der Waals surface area contributed by atoms with Crippen LogP contribution in [0, 0.1) is 18.3 Å². The first-order chi connectivity index (χ1) is 8.63. The lowest BCUT2D eigenvalue weighted by Crippen LogP contribution is -2.26. The zero-order valence-electron chi connectivity index (χ0n) is 11.2. The first-order valence-corrected chi connectivity index (χ1v) is 6.66. The maximum Gasteiger partial charge on any atom is 0.137 e. The highest BCUT2D eigenvalue weighted by Gasteiger charge is 2.14. The molecule has 0 bridgehead atoms. The number of aryl methyl sites for hydroxylation is 1. The quantitative estimate of drug-likeness (QED) is 0.743. The predicted molar refractivity (Wildman–Crippen MR) is 73.9 cm³/mol. The number of halogens is 1. The minimum absolute atomic E-state index is 0.484. The van der Waals surface area contributed by atoms with E-state index in [0.717, 1.165) is 36.6 Å². The van der Waals surface area contributed by atoms with Crippen LogP contribution in [0.4, 0.5) is 5.82 Å². The smallest absolute Gasteiger partial charge is 0.137 e. The highest BCUT2D eigenvalue weighted by molar-refractivity contribution is 6.30. The van der Waals surface area contributed by atoms with Gasteiger partial charge < -0.3 is 4.90 Å². The van der Waals surface area contributed by atoms with Gasteiger partial charge in [0.15, 0.2) is 0 Å². The Balaban J connectivity index is 3.07. The molecule has 0 saturated carbocycles. The number of hydrogen-bond acceptors (Lipinski definition) is 4. The summed E-state index contributed by atoms with van der Waals surface area (Å²) >= 11 is 6.15. The third-order valence-electron chi connectivity index (χ3n) is 2.76. The number of nitriles is 1. The zero-order valence-corrected chi connectivity index (χ0v) is 12.0. The molecular formula is C13H19ClN4. The Morgan fingerprint density at radius 1 is 1.33 bits per heavy atom. The molecule has 18 heavy (non-hydrogen) atoms. The molecule has 0 radical (unpaired) electrons. The molecule has 0 N–H and O–H groups in total. The van der Waals surface area contributed by atoms with Gasteiger partial charge >= 0.3 is 0 Å². The summed E-state index contributed by atoms with van der Waals surface area (Å²) < 4.78 is 0. The average molecular weight is 267 g/mol. The molecule has 4 nitrogen and oxygen atoms in total. The SMILES string of the molecule is CCCc1nc(Cl)c(C)c(N(CC)CCC#N)n1. The van der Waals surface area contributed by atoms with Crippen LogP contribution in [0.15, 0.2) is 0 Å². The average Bonchev–Trinajstić information content (AvgIpc) is 2.36. The summed E-state index contributed by atoms with van der Waals surface area (Å²) in [6.45, 7) is 7.53. The van der Waals surface area contributed by atoms with Crippen LogP contribution in [0.1, 0.15) is 38.1 Å². The number of rotatable bonds is 6. The Bertz CT molecular complexity index is 439. The van der Waals surface area contributed by atoms with E-state index in [0.29, 0.717) is 18.1 Å². The van der Waals surface area contributed by atoms with Crippen LogP contribution in [0.25, 0.3) is 0 Å². The number of hydrogen-bond donors (Lipinski definition) is 0. The predicted octanol–water partition coefficient (Wildman–Crippen LogP) is 3.13. The van der Waals surface area contributed by atoms with Gasteiger partial charge in [-0.3, -0.25) is 0 Å². The van der Waals surface area contributed by atoms with Crippen molar-refractivity contribution in [2.24, 2.45) is 0 Å². The molecule has 1 rings (SSSR count). The fourth-order valence-corrected chi connectivity index (χ4v) is 1.94. The summed E-state index contributed by atoms with van der Waals surface area (Å²) in [6.07, 6.45) is 2.30. The van der Waals surface area contributed by atoms with Crippen molar-refractivity contribution in [2.75, 3.05) is 18.0 Å². The molecule has 0 atom stereocenters. The largest absolute Gasteiger partial charge is 0.355 e. The maximum absolute atomic E-state index is 8.68. The van der Waals surface area contributed by atoms with Gasteiger partial charge in [-0.2, -0.15) is 5.26 Å². The second-order valence-corrected chi connectivity index (χ2v) is 4.48. The van der Waals surface area contributed by atoms with Crippen LogP contribution in [-0.2, 0) is 6.42 Å². The van der Waals surface area contributed by atoms with Crippen LogP contribution in [0.3, 0.4) is 0 Å². The third kappa shape index (κ3) is 3.58. The van der Waals surface area contributed by atoms with Gasteiger partial charge in [-0.05, 0) is 20.3 Å². The van der Waals surface area contributed by atoms with Crippen molar-refractivity contribution < 1.29 is 0 Å². The summed E-state index contributed by atoms with van der Waals surface area (Å²) in [4.78, 5) is 10.9. The molecule has 0 spiro atoms. The van der Waals surface area contributed by atoms with Gasteiger partial charge in [-0.1, -0.05) is 18.5 Å². The highest BCUT2D eigenvalue weighted by Crippen LogP contribution is 2.23. The Labute approximate surface area is 114 Å². The Morgan fingerprint density at radius 3 is 2.61 bits per heavy atom. The van der Waals surface area contributed by atoms with Crippen molar-refractivity contribution in [1.29, 1.82) is 5.26 Å². The van der Waals surface area contributed by atoms with Crippen molar-refractivity contribution >= 4 is 17.4 Å². The van der Waals surface area contributed by atoms with E-state index in [-0.39, 0.29) is 0 Å². The molecule has 98 valence electrons. The fourth-order valence-electron chi connectivity index (χ4n) is 1.76. The van der Waals surface area contributed by atoms with Gasteiger partial charge in [0, 0.05) is 25.1 Å². The van der Waals surface area contributed by atoms with Gasteiger partial charge in [0.05, 0.1) is 12.5 Å². The molecular weight excluding hydrogens is 248 g/mol. The second-order valence-electron chi connectivity index (χ2n) is 4.12. The fraction of sp³-hybridized carbons (Fsp3) is 0.615. The monoisotopic (exact) mass is 266 g/mol. The van der Waals surface area contributed by atoms with Gasteiger partial charge in [-0.15, -0.1) is 0 Å². The van der Waals surface area contributed by atoms with E-state index in [1.54, 1.807) is 0 Å². The molecule has 0 fully saturated rings. The molecule has 0 saturated heterocycles. The van der Waals surface area contributed by atoms with E-state index >= 15 is 0 Å². The molecule has 5 heteroatoms. The minimum atomic E-state index is 0.484. The summed E-state index contributed by atoms with van der Waals surface area (Å²) in [5, 5.41) is 9.20. The lowest BCUT2D eigenvalue weighted by atomic mass is 10.2. The van der Waals surface area contributed by atoms with Gasteiger partial charge in [0.2, 0.25) is 0 Å². The third-order valence-corrected chi connectivity index (χ3v) is 3.12. The number of aromatic nitrogens is 2. The molecule has 0 aliphatic rings. The minimum Gasteiger partial charge on any atom is -0.355 e. The van der Waals surface area contributed by atoms with Crippen molar-refractivity contribution in [2.45, 2.75) is 40.0 Å². The summed E-state index contributed by atoms with van der Waals surface area (Å²) in [6, 6.07) is 2.16. The molecule has 1 heterocycles. The summed E-state index contributed by atoms with van der Waals surface area (Å²) in [7, 11) is 0. The van der Waals surface area contributed by atoms with E-state index in [2.05, 4.69) is 27.9 Å². The van der Waals surface area contributed by atoms with E-state index in [1.165, 1.54) is 0 Å². The van der Waals surface area contributed by atoms with Crippen LogP contribution in [0.5, 0.6) is 0 Å². The van der Waals surface area contributed by atoms with Gasteiger partial charge in [0.1, 0.15) is 16.8 Å². The first-order valence-electron chi connectivity index (χ1n) is 6.28.